The minimum atomic E-state index is -5.65. The van der Waals surface area contributed by atoms with Gasteiger partial charge in [-0.3, -0.25) is 0 Å². The number of hydrogen-bond donors (Lipinski definition) is 0. The van der Waals surface area contributed by atoms with Gasteiger partial charge in [0.15, 0.2) is 0 Å². The minimum absolute atomic E-state index is 0.0150. The molecule has 8 bridgehead atoms. The summed E-state index contributed by atoms with van der Waals surface area (Å²) in [7, 11) is 20.1. The number of allylic oxidation sites excluding steroid dienone is 2. The van der Waals surface area contributed by atoms with Crippen molar-refractivity contribution in [3.63, 3.8) is 0 Å². The van der Waals surface area contributed by atoms with Crippen LogP contribution in [0.3, 0.4) is 0 Å². The Hall–Kier alpha value is -3.52. The van der Waals surface area contributed by atoms with Crippen LogP contribution >= 0.6 is 17.0 Å². The molecule has 0 nitrogen and oxygen atoms in total. The molecular formula is C74H85Cl2SiZr. The molecule has 0 aromatic heterocycles. The van der Waals surface area contributed by atoms with E-state index in [0.29, 0.717) is 10.8 Å². The van der Waals surface area contributed by atoms with Crippen molar-refractivity contribution in [1.29, 1.82) is 0 Å². The topological polar surface area (TPSA) is 0 Å². The van der Waals surface area contributed by atoms with Crippen molar-refractivity contribution in [1.82, 2.24) is 0 Å². The standard InChI is InChI=1S/2C36H39.C2H7Si.2ClH.Zr/c2*1-22-7-23(2)10-30(9-22)32-5-6-33(31-11-24(3)8-25(4)12-31)35-17-29(16-34(32)35)21-36-18-26-13-27(19-36)15-28(14-26)20-36;1-3-2;;;/h2*5-12,16-17,26-28H,13-15,18-21H2,1-4H3;3H,1-2H3;2*1H;/q;;;;;+2/p-2. The van der Waals surface area contributed by atoms with Gasteiger partial charge in [0.05, 0.1) is 0 Å². The Balaban J connectivity index is 1.08. The van der Waals surface area contributed by atoms with Gasteiger partial charge in [-0.15, -0.1) is 0 Å². The van der Waals surface area contributed by atoms with E-state index in [0.717, 1.165) is 48.3 Å². The Morgan fingerprint density at radius 1 is 0.385 bits per heavy atom. The van der Waals surface area contributed by atoms with Gasteiger partial charge >= 0.3 is 482 Å². The Bertz CT molecular complexity index is 3190. The van der Waals surface area contributed by atoms with Gasteiger partial charge < -0.3 is 0 Å². The zero-order valence-corrected chi connectivity index (χ0v) is 53.9. The number of hydrogen-bond acceptors (Lipinski definition) is 0. The monoisotopic (exact) mass is 1160 g/mol. The molecule has 0 amide bonds. The van der Waals surface area contributed by atoms with Crippen LogP contribution in [0.2, 0.25) is 13.1 Å². The van der Waals surface area contributed by atoms with Gasteiger partial charge in [0.25, 0.3) is 0 Å². The molecule has 10 aliphatic rings. The quantitative estimate of drug-likeness (QED) is 0.113. The predicted octanol–water partition coefficient (Wildman–Crippen LogP) is 21.6. The van der Waals surface area contributed by atoms with Crippen LogP contribution in [-0.4, -0.2) is 5.92 Å². The van der Waals surface area contributed by atoms with Crippen LogP contribution in [0.1, 0.15) is 164 Å². The van der Waals surface area contributed by atoms with Crippen LogP contribution in [0.25, 0.3) is 56.7 Å². The van der Waals surface area contributed by atoms with Crippen molar-refractivity contribution < 1.29 is 15.6 Å². The van der Waals surface area contributed by atoms with Crippen LogP contribution in [0.5, 0.6) is 0 Å². The molecular weight excluding hydrogens is 1080 g/mol. The number of fused-ring (bicyclic) bond motifs is 2. The third kappa shape index (κ3) is 8.69. The van der Waals surface area contributed by atoms with Crippen LogP contribution < -0.4 is 0 Å². The molecule has 0 N–H and O–H groups in total. The van der Waals surface area contributed by atoms with Crippen LogP contribution in [0, 0.1) is 102 Å². The van der Waals surface area contributed by atoms with Crippen molar-refractivity contribution in [2.24, 2.45) is 46.3 Å². The molecule has 0 saturated heterocycles. The van der Waals surface area contributed by atoms with Crippen molar-refractivity contribution in [2.75, 3.05) is 0 Å². The third-order valence-corrected chi connectivity index (χ3v) is 74.1. The van der Waals surface area contributed by atoms with Crippen molar-refractivity contribution in [3.05, 3.63) is 175 Å². The van der Waals surface area contributed by atoms with Gasteiger partial charge in [0, 0.05) is 0 Å². The molecule has 0 aliphatic heterocycles. The molecule has 2 atom stereocenters. The second-order valence-corrected chi connectivity index (χ2v) is 71.9. The van der Waals surface area contributed by atoms with Crippen LogP contribution in [0.4, 0.5) is 0 Å². The Morgan fingerprint density at radius 2 is 0.628 bits per heavy atom. The average molecular weight is 1160 g/mol. The van der Waals surface area contributed by atoms with Gasteiger partial charge in [0.2, 0.25) is 0 Å². The van der Waals surface area contributed by atoms with E-state index < -0.39 is 21.5 Å². The fourth-order valence-electron chi connectivity index (χ4n) is 20.9. The third-order valence-electron chi connectivity index (χ3n) is 22.4. The molecule has 4 heteroatoms. The molecule has 0 heterocycles. The molecule has 0 radical (unpaired) electrons. The molecule has 10 aliphatic carbocycles. The first-order chi connectivity index (χ1) is 37.2. The first-order valence-corrected chi connectivity index (χ1v) is 47.2. The zero-order valence-electron chi connectivity index (χ0n) is 48.7. The summed E-state index contributed by atoms with van der Waals surface area (Å²) in [5.74, 6) is 3.18. The summed E-state index contributed by atoms with van der Waals surface area (Å²) in [5, 5.41) is 0. The average Bonchev–Trinajstić information content (AvgIpc) is 3.65. The van der Waals surface area contributed by atoms with Gasteiger partial charge in [-0.2, -0.15) is 0 Å². The molecule has 8 saturated carbocycles. The SMILES string of the molecule is Cc1cc(C)cc(-c2ccc(-c3cc(C)cc(C)c3)c3c2C=C(CC24CC5CC(CC(C5)C2)C4)[CH]3[Zr]([Cl])([Cl])([CH]2C(CC34CC5CC(CC(C5)C3)C4)=Cc3c(-c4cc(C)cc(C)c4)ccc(-c4cc(C)cc(C)c4)c32)[SiH](C)C)c1. The second-order valence-electron chi connectivity index (χ2n) is 29.4. The summed E-state index contributed by atoms with van der Waals surface area (Å²) in [6, 6.07) is 39.2. The molecule has 0 spiro atoms. The second kappa shape index (κ2) is 18.8. The first kappa shape index (κ1) is 52.5. The van der Waals surface area contributed by atoms with Crippen LogP contribution in [0.15, 0.2) is 108 Å². The van der Waals surface area contributed by atoms with Crippen LogP contribution in [-0.2, 0) is 15.6 Å². The zero-order chi connectivity index (χ0) is 54.0. The van der Waals surface area contributed by atoms with Crippen molar-refractivity contribution >= 4 is 35.1 Å². The van der Waals surface area contributed by atoms with E-state index in [2.05, 4.69) is 178 Å². The first-order valence-electron chi connectivity index (χ1n) is 30.8. The van der Waals surface area contributed by atoms with E-state index in [4.69, 9.17) is 0 Å². The summed E-state index contributed by atoms with van der Waals surface area (Å²) >= 11 is -5.65. The van der Waals surface area contributed by atoms with Gasteiger partial charge in [0.1, 0.15) is 0 Å². The number of rotatable bonds is 11. The van der Waals surface area contributed by atoms with E-state index in [9.17, 15) is 17.0 Å². The van der Waals surface area contributed by atoms with E-state index in [1.807, 2.05) is 0 Å². The van der Waals surface area contributed by atoms with E-state index >= 15 is 0 Å². The fraction of sp³-hybridized carbons (Fsp3) is 0.459. The summed E-state index contributed by atoms with van der Waals surface area (Å²) < 4.78 is -0.0300. The predicted molar refractivity (Wildman–Crippen MR) is 335 cm³/mol. The Kier molecular flexibility index (Phi) is 12.6. The number of halogens is 2. The maximum absolute atomic E-state index is 10.1. The van der Waals surface area contributed by atoms with Gasteiger partial charge in [-0.25, -0.2) is 0 Å². The summed E-state index contributed by atoms with van der Waals surface area (Å²) in [6.07, 6.45) is 24.8. The Morgan fingerprint density at radius 3 is 0.885 bits per heavy atom. The Labute approximate surface area is 478 Å². The van der Waals surface area contributed by atoms with Gasteiger partial charge in [-0.05, 0) is 0 Å². The van der Waals surface area contributed by atoms with Crippen molar-refractivity contribution in [2.45, 2.75) is 166 Å². The van der Waals surface area contributed by atoms with E-state index in [1.165, 1.54) is 188 Å². The summed E-state index contributed by atoms with van der Waals surface area (Å²) in [4.78, 5) is 0. The summed E-state index contributed by atoms with van der Waals surface area (Å²) in [5.41, 5.74) is 30.9. The molecule has 78 heavy (non-hydrogen) atoms. The molecule has 8 fully saturated rings. The summed E-state index contributed by atoms with van der Waals surface area (Å²) in [6.45, 7) is 23.6. The van der Waals surface area contributed by atoms with Crippen molar-refractivity contribution in [3.8, 4) is 44.5 Å². The number of aryl methyl sites for hydroxylation is 8. The molecule has 6 aromatic rings. The molecule has 16 rings (SSSR count). The van der Waals surface area contributed by atoms with Gasteiger partial charge in [-0.1, -0.05) is 0 Å². The number of benzene rings is 6. The molecule has 2 unspecified atom stereocenters. The van der Waals surface area contributed by atoms with E-state index in [-0.39, 0.29) is 7.25 Å². The normalized spacial score (nSPS) is 29.7. The van der Waals surface area contributed by atoms with E-state index in [1.54, 1.807) is 11.1 Å². The molecule has 403 valence electrons. The fourth-order valence-corrected chi connectivity index (χ4v) is 51.9. The molecule has 6 aromatic carbocycles. The maximum atomic E-state index is 10.1.